The maximum atomic E-state index is 6.07. The van der Waals surface area contributed by atoms with Crippen LogP contribution in [0, 0.1) is 5.41 Å². The number of imidazole rings is 1. The number of aromatic nitrogens is 2. The van der Waals surface area contributed by atoms with Gasteiger partial charge in [0.25, 0.3) is 0 Å². The van der Waals surface area contributed by atoms with Crippen molar-refractivity contribution in [1.29, 1.82) is 0 Å². The third-order valence-electron chi connectivity index (χ3n) is 3.85. The van der Waals surface area contributed by atoms with Crippen LogP contribution in [-0.4, -0.2) is 15.6 Å². The normalized spacial score (nSPS) is 30.4. The molecule has 2 atom stereocenters. The summed E-state index contributed by atoms with van der Waals surface area (Å²) in [5.74, 6) is 0.550. The van der Waals surface area contributed by atoms with Crippen molar-refractivity contribution in [1.82, 2.24) is 9.55 Å². The van der Waals surface area contributed by atoms with Gasteiger partial charge >= 0.3 is 0 Å². The largest absolute Gasteiger partial charge is 0.337 e. The van der Waals surface area contributed by atoms with Crippen molar-refractivity contribution in [3.05, 3.63) is 18.2 Å². The van der Waals surface area contributed by atoms with Crippen LogP contribution >= 0.6 is 0 Å². The number of nitrogens with two attached hydrogens (primary N) is 1. The predicted molar refractivity (Wildman–Crippen MR) is 61.6 cm³/mol. The minimum absolute atomic E-state index is 0.351. The molecule has 0 spiro atoms. The van der Waals surface area contributed by atoms with E-state index in [0.29, 0.717) is 17.4 Å². The van der Waals surface area contributed by atoms with Crippen LogP contribution in [0.3, 0.4) is 0 Å². The molecule has 2 unspecified atom stereocenters. The quantitative estimate of drug-likeness (QED) is 0.766. The summed E-state index contributed by atoms with van der Waals surface area (Å²) in [5.41, 5.74) is 7.75. The first-order valence-corrected chi connectivity index (χ1v) is 5.72. The predicted octanol–water partition coefficient (Wildman–Crippen LogP) is 2.04. The molecule has 1 aromatic rings. The van der Waals surface area contributed by atoms with E-state index in [1.165, 1.54) is 12.1 Å². The third-order valence-corrected chi connectivity index (χ3v) is 3.85. The lowest BCUT2D eigenvalue weighted by molar-refractivity contribution is 0.177. The van der Waals surface area contributed by atoms with E-state index in [1.54, 1.807) is 0 Å². The summed E-state index contributed by atoms with van der Waals surface area (Å²) < 4.78 is 2.13. The average Bonchev–Trinajstić information content (AvgIpc) is 2.56. The molecule has 1 aliphatic rings. The molecule has 1 fully saturated rings. The van der Waals surface area contributed by atoms with Crippen LogP contribution < -0.4 is 5.73 Å². The van der Waals surface area contributed by atoms with Crippen molar-refractivity contribution < 1.29 is 0 Å². The lowest BCUT2D eigenvalue weighted by Crippen LogP contribution is -2.37. The van der Waals surface area contributed by atoms with Crippen LogP contribution in [0.5, 0.6) is 0 Å². The molecule has 2 N–H and O–H groups in total. The summed E-state index contributed by atoms with van der Waals surface area (Å²) in [5, 5.41) is 0. The van der Waals surface area contributed by atoms with Crippen molar-refractivity contribution in [2.45, 2.75) is 45.1 Å². The topological polar surface area (TPSA) is 43.8 Å². The molecule has 1 aromatic heterocycles. The van der Waals surface area contributed by atoms with Gasteiger partial charge in [-0.3, -0.25) is 0 Å². The number of aryl methyl sites for hydroxylation is 1. The molecule has 0 amide bonds. The van der Waals surface area contributed by atoms with Crippen molar-refractivity contribution in [2.75, 3.05) is 0 Å². The van der Waals surface area contributed by atoms with Crippen molar-refractivity contribution in [3.63, 3.8) is 0 Å². The highest BCUT2D eigenvalue weighted by atomic mass is 15.0. The van der Waals surface area contributed by atoms with E-state index in [9.17, 15) is 0 Å². The van der Waals surface area contributed by atoms with Gasteiger partial charge in [-0.25, -0.2) is 4.98 Å². The molecule has 1 saturated carbocycles. The first-order chi connectivity index (χ1) is 7.00. The SMILES string of the molecule is Cn1cncc1C1CC(N)CCC1(C)C. The molecular weight excluding hydrogens is 186 g/mol. The third kappa shape index (κ3) is 1.93. The minimum Gasteiger partial charge on any atom is -0.337 e. The molecule has 3 heteroatoms. The Morgan fingerprint density at radius 1 is 1.53 bits per heavy atom. The fourth-order valence-electron chi connectivity index (χ4n) is 2.70. The summed E-state index contributed by atoms with van der Waals surface area (Å²) in [7, 11) is 2.07. The Labute approximate surface area is 91.7 Å². The number of hydrogen-bond acceptors (Lipinski definition) is 2. The Kier molecular flexibility index (Phi) is 2.59. The molecular formula is C12H21N3. The van der Waals surface area contributed by atoms with Gasteiger partial charge in [0.05, 0.1) is 6.33 Å². The molecule has 0 aromatic carbocycles. The molecule has 2 rings (SSSR count). The molecule has 1 heterocycles. The Balaban J connectivity index is 2.29. The van der Waals surface area contributed by atoms with Crippen LogP contribution in [0.15, 0.2) is 12.5 Å². The summed E-state index contributed by atoms with van der Waals surface area (Å²) in [6, 6.07) is 0.359. The maximum absolute atomic E-state index is 6.07. The summed E-state index contributed by atoms with van der Waals surface area (Å²) in [6.07, 6.45) is 7.33. The molecule has 0 saturated heterocycles. The zero-order valence-electron chi connectivity index (χ0n) is 9.90. The monoisotopic (exact) mass is 207 g/mol. The van der Waals surface area contributed by atoms with E-state index in [2.05, 4.69) is 30.4 Å². The second-order valence-corrected chi connectivity index (χ2v) is 5.51. The highest BCUT2D eigenvalue weighted by molar-refractivity contribution is 5.12. The second kappa shape index (κ2) is 3.63. The molecule has 15 heavy (non-hydrogen) atoms. The lowest BCUT2D eigenvalue weighted by Gasteiger charge is -2.41. The highest BCUT2D eigenvalue weighted by Gasteiger charge is 2.37. The Morgan fingerprint density at radius 2 is 2.27 bits per heavy atom. The molecule has 84 valence electrons. The van der Waals surface area contributed by atoms with Crippen molar-refractivity contribution in [3.8, 4) is 0 Å². The molecule has 1 aliphatic carbocycles. The smallest absolute Gasteiger partial charge is 0.0945 e. The Hall–Kier alpha value is -0.830. The van der Waals surface area contributed by atoms with Crippen LogP contribution in [0.1, 0.15) is 44.7 Å². The fourth-order valence-corrected chi connectivity index (χ4v) is 2.70. The Bertz CT molecular complexity index is 340. The summed E-state index contributed by atoms with van der Waals surface area (Å²) >= 11 is 0. The van der Waals surface area contributed by atoms with Crippen molar-refractivity contribution in [2.24, 2.45) is 18.2 Å². The minimum atomic E-state index is 0.351. The standard InChI is InChI=1S/C12H21N3/c1-12(2)5-4-9(13)6-10(12)11-7-14-8-15(11)3/h7-10H,4-6,13H2,1-3H3. The van der Waals surface area contributed by atoms with Gasteiger partial charge in [0.1, 0.15) is 0 Å². The van der Waals surface area contributed by atoms with Crippen LogP contribution in [-0.2, 0) is 7.05 Å². The number of hydrogen-bond donors (Lipinski definition) is 1. The van der Waals surface area contributed by atoms with E-state index < -0.39 is 0 Å². The van der Waals surface area contributed by atoms with Crippen molar-refractivity contribution >= 4 is 0 Å². The zero-order chi connectivity index (χ0) is 11.1. The summed E-state index contributed by atoms with van der Waals surface area (Å²) in [4.78, 5) is 4.21. The number of nitrogens with zero attached hydrogens (tertiary/aromatic N) is 2. The molecule has 3 nitrogen and oxygen atoms in total. The number of rotatable bonds is 1. The van der Waals surface area contributed by atoms with Gasteiger partial charge in [0, 0.05) is 30.9 Å². The van der Waals surface area contributed by atoms with Crippen LogP contribution in [0.25, 0.3) is 0 Å². The average molecular weight is 207 g/mol. The maximum Gasteiger partial charge on any atom is 0.0945 e. The van der Waals surface area contributed by atoms with E-state index in [4.69, 9.17) is 5.73 Å². The fraction of sp³-hybridized carbons (Fsp3) is 0.750. The van der Waals surface area contributed by atoms with E-state index in [0.717, 1.165) is 12.8 Å². The van der Waals surface area contributed by atoms with E-state index in [-0.39, 0.29) is 0 Å². The van der Waals surface area contributed by atoms with E-state index in [1.807, 2.05) is 12.5 Å². The highest BCUT2D eigenvalue weighted by Crippen LogP contribution is 2.45. The molecule has 0 radical (unpaired) electrons. The Morgan fingerprint density at radius 3 is 2.87 bits per heavy atom. The van der Waals surface area contributed by atoms with Gasteiger partial charge < -0.3 is 10.3 Å². The van der Waals surface area contributed by atoms with Gasteiger partial charge in [-0.05, 0) is 24.7 Å². The van der Waals surface area contributed by atoms with Crippen LogP contribution in [0.2, 0.25) is 0 Å². The summed E-state index contributed by atoms with van der Waals surface area (Å²) in [6.45, 7) is 4.69. The van der Waals surface area contributed by atoms with Gasteiger partial charge in [-0.2, -0.15) is 0 Å². The first kappa shape index (κ1) is 10.7. The first-order valence-electron chi connectivity index (χ1n) is 5.72. The van der Waals surface area contributed by atoms with Gasteiger partial charge in [0.15, 0.2) is 0 Å². The second-order valence-electron chi connectivity index (χ2n) is 5.51. The zero-order valence-corrected chi connectivity index (χ0v) is 9.90. The van der Waals surface area contributed by atoms with Gasteiger partial charge in [-0.1, -0.05) is 13.8 Å². The van der Waals surface area contributed by atoms with E-state index >= 15 is 0 Å². The van der Waals surface area contributed by atoms with Gasteiger partial charge in [0.2, 0.25) is 0 Å². The lowest BCUT2D eigenvalue weighted by atomic mass is 9.66. The molecule has 0 bridgehead atoms. The van der Waals surface area contributed by atoms with Gasteiger partial charge in [-0.15, -0.1) is 0 Å². The molecule has 0 aliphatic heterocycles. The van der Waals surface area contributed by atoms with Crippen LogP contribution in [0.4, 0.5) is 0 Å².